The minimum absolute atomic E-state index is 0.466. The average molecular weight is 314 g/mol. The second-order valence-corrected chi connectivity index (χ2v) is 6.53. The first-order chi connectivity index (χ1) is 10.9. The number of imidazole rings is 1. The van der Waals surface area contributed by atoms with Crippen LogP contribution in [0.1, 0.15) is 17.7 Å². The monoisotopic (exact) mass is 314 g/mol. The topological polar surface area (TPSA) is 67.7 Å². The zero-order chi connectivity index (χ0) is 14.8. The van der Waals surface area contributed by atoms with Gasteiger partial charge in [0.15, 0.2) is 5.65 Å². The van der Waals surface area contributed by atoms with E-state index < -0.39 is 0 Å². The van der Waals surface area contributed by atoms with Gasteiger partial charge in [0.1, 0.15) is 11.8 Å². The molecule has 1 fully saturated rings. The van der Waals surface area contributed by atoms with E-state index in [1.54, 1.807) is 23.9 Å². The Hall–Kier alpha value is -1.99. The molecule has 114 valence electrons. The third kappa shape index (κ3) is 2.69. The van der Waals surface area contributed by atoms with Gasteiger partial charge < -0.3 is 10.6 Å². The summed E-state index contributed by atoms with van der Waals surface area (Å²) in [6.07, 6.45) is 5.60. The predicted octanol–water partition coefficient (Wildman–Crippen LogP) is 2.10. The number of fused-ring (bicyclic) bond motifs is 1. The van der Waals surface area contributed by atoms with Crippen LogP contribution in [0, 0.1) is 0 Å². The van der Waals surface area contributed by atoms with Crippen LogP contribution >= 0.6 is 11.3 Å². The van der Waals surface area contributed by atoms with Crippen molar-refractivity contribution < 1.29 is 0 Å². The molecule has 4 rings (SSSR count). The summed E-state index contributed by atoms with van der Waals surface area (Å²) in [6.45, 7) is 2.91. The normalized spacial score (nSPS) is 16.2. The van der Waals surface area contributed by atoms with Gasteiger partial charge in [-0.15, -0.1) is 11.3 Å². The Kier molecular flexibility index (Phi) is 3.74. The highest BCUT2D eigenvalue weighted by molar-refractivity contribution is 7.09. The summed E-state index contributed by atoms with van der Waals surface area (Å²) < 4.78 is 2.16. The average Bonchev–Trinajstić information content (AvgIpc) is 3.18. The summed E-state index contributed by atoms with van der Waals surface area (Å²) in [5, 5.41) is 9.09. The van der Waals surface area contributed by atoms with E-state index in [2.05, 4.69) is 42.7 Å². The van der Waals surface area contributed by atoms with E-state index >= 15 is 0 Å². The molecule has 1 saturated heterocycles. The lowest BCUT2D eigenvalue weighted by Gasteiger charge is -2.24. The molecule has 0 unspecified atom stereocenters. The molecule has 3 aromatic rings. The first-order valence-electron chi connectivity index (χ1n) is 7.56. The lowest BCUT2D eigenvalue weighted by molar-refractivity contribution is 0.476. The SMILES string of the molecule is c1csc(Cn2c(NC3CCNCC3)nc3cncnc32)c1. The molecule has 0 bridgehead atoms. The molecule has 22 heavy (non-hydrogen) atoms. The largest absolute Gasteiger partial charge is 0.353 e. The number of hydrogen-bond acceptors (Lipinski definition) is 6. The van der Waals surface area contributed by atoms with Gasteiger partial charge in [-0.3, -0.25) is 4.57 Å². The standard InChI is InChI=1S/C15H18N6S/c1-2-12(22-7-1)9-21-14-13(8-17-10-18-14)20-15(21)19-11-3-5-16-6-4-11/h1-2,7-8,10-11,16H,3-6,9H2,(H,19,20). The van der Waals surface area contributed by atoms with Gasteiger partial charge in [0.2, 0.25) is 5.95 Å². The molecule has 6 nitrogen and oxygen atoms in total. The number of rotatable bonds is 4. The van der Waals surface area contributed by atoms with E-state index in [0.29, 0.717) is 6.04 Å². The maximum absolute atomic E-state index is 4.70. The van der Waals surface area contributed by atoms with Crippen molar-refractivity contribution in [3.05, 3.63) is 34.9 Å². The Morgan fingerprint density at radius 2 is 2.27 bits per heavy atom. The van der Waals surface area contributed by atoms with Crippen LogP contribution in [0.2, 0.25) is 0 Å². The Labute approximate surface area is 132 Å². The van der Waals surface area contributed by atoms with Crippen LogP contribution in [-0.4, -0.2) is 38.7 Å². The predicted molar refractivity (Wildman–Crippen MR) is 88.3 cm³/mol. The van der Waals surface area contributed by atoms with E-state index in [-0.39, 0.29) is 0 Å². The second-order valence-electron chi connectivity index (χ2n) is 5.50. The van der Waals surface area contributed by atoms with Crippen LogP contribution in [0.3, 0.4) is 0 Å². The molecule has 0 aromatic carbocycles. The van der Waals surface area contributed by atoms with Crippen LogP contribution < -0.4 is 10.6 Å². The lowest BCUT2D eigenvalue weighted by atomic mass is 10.1. The fourth-order valence-corrected chi connectivity index (χ4v) is 3.54. The fourth-order valence-electron chi connectivity index (χ4n) is 2.84. The van der Waals surface area contributed by atoms with Crippen molar-refractivity contribution in [3.63, 3.8) is 0 Å². The zero-order valence-electron chi connectivity index (χ0n) is 12.2. The number of hydrogen-bond donors (Lipinski definition) is 2. The molecule has 0 spiro atoms. The molecule has 0 amide bonds. The van der Waals surface area contributed by atoms with Gasteiger partial charge >= 0.3 is 0 Å². The lowest BCUT2D eigenvalue weighted by Crippen LogP contribution is -2.36. The molecule has 1 aliphatic heterocycles. The molecule has 2 N–H and O–H groups in total. The maximum atomic E-state index is 4.70. The number of aromatic nitrogens is 4. The first-order valence-corrected chi connectivity index (χ1v) is 8.44. The Morgan fingerprint density at radius 3 is 3.09 bits per heavy atom. The van der Waals surface area contributed by atoms with Crippen molar-refractivity contribution in [2.45, 2.75) is 25.4 Å². The van der Waals surface area contributed by atoms with Crippen LogP contribution in [0.5, 0.6) is 0 Å². The molecular weight excluding hydrogens is 296 g/mol. The van der Waals surface area contributed by atoms with Gasteiger partial charge in [-0.05, 0) is 37.4 Å². The van der Waals surface area contributed by atoms with Crippen molar-refractivity contribution in [1.82, 2.24) is 24.8 Å². The molecule has 0 aliphatic carbocycles. The Balaban J connectivity index is 1.69. The van der Waals surface area contributed by atoms with Gasteiger partial charge in [0.05, 0.1) is 12.7 Å². The molecule has 7 heteroatoms. The highest BCUT2D eigenvalue weighted by Crippen LogP contribution is 2.22. The van der Waals surface area contributed by atoms with Crippen molar-refractivity contribution in [3.8, 4) is 0 Å². The summed E-state index contributed by atoms with van der Waals surface area (Å²) in [6, 6.07) is 4.69. The smallest absolute Gasteiger partial charge is 0.205 e. The van der Waals surface area contributed by atoms with E-state index in [9.17, 15) is 0 Å². The van der Waals surface area contributed by atoms with Gasteiger partial charge in [-0.2, -0.15) is 0 Å². The molecule has 0 saturated carbocycles. The van der Waals surface area contributed by atoms with Gasteiger partial charge in [-0.25, -0.2) is 15.0 Å². The maximum Gasteiger partial charge on any atom is 0.205 e. The highest BCUT2D eigenvalue weighted by atomic mass is 32.1. The molecular formula is C15H18N6S. The number of thiophene rings is 1. The van der Waals surface area contributed by atoms with Gasteiger partial charge in [-0.1, -0.05) is 6.07 Å². The minimum atomic E-state index is 0.466. The first kappa shape index (κ1) is 13.7. The Bertz CT molecular complexity index is 745. The van der Waals surface area contributed by atoms with Crippen LogP contribution in [0.15, 0.2) is 30.0 Å². The number of piperidine rings is 1. The zero-order valence-corrected chi connectivity index (χ0v) is 13.0. The summed E-state index contributed by atoms with van der Waals surface area (Å²) in [7, 11) is 0. The van der Waals surface area contributed by atoms with Crippen molar-refractivity contribution in [1.29, 1.82) is 0 Å². The summed E-state index contributed by atoms with van der Waals surface area (Å²) in [5.41, 5.74) is 1.73. The van der Waals surface area contributed by atoms with Gasteiger partial charge in [0.25, 0.3) is 0 Å². The van der Waals surface area contributed by atoms with E-state index in [0.717, 1.165) is 49.6 Å². The van der Waals surface area contributed by atoms with E-state index in [4.69, 9.17) is 4.98 Å². The van der Waals surface area contributed by atoms with E-state index in [1.807, 2.05) is 0 Å². The van der Waals surface area contributed by atoms with Crippen molar-refractivity contribution in [2.75, 3.05) is 18.4 Å². The second kappa shape index (κ2) is 6.02. The molecule has 4 heterocycles. The molecule has 0 atom stereocenters. The number of nitrogens with one attached hydrogen (secondary N) is 2. The summed E-state index contributed by atoms with van der Waals surface area (Å²) in [5.74, 6) is 0.899. The third-order valence-electron chi connectivity index (χ3n) is 3.98. The van der Waals surface area contributed by atoms with Crippen molar-refractivity contribution >= 4 is 28.4 Å². The number of nitrogens with zero attached hydrogens (tertiary/aromatic N) is 4. The van der Waals surface area contributed by atoms with Crippen LogP contribution in [0.25, 0.3) is 11.2 Å². The van der Waals surface area contributed by atoms with E-state index in [1.165, 1.54) is 4.88 Å². The van der Waals surface area contributed by atoms with Crippen molar-refractivity contribution in [2.24, 2.45) is 0 Å². The number of anilines is 1. The van der Waals surface area contributed by atoms with Crippen LogP contribution in [-0.2, 0) is 6.54 Å². The highest BCUT2D eigenvalue weighted by Gasteiger charge is 2.18. The fraction of sp³-hybridized carbons (Fsp3) is 0.400. The minimum Gasteiger partial charge on any atom is -0.353 e. The quantitative estimate of drug-likeness (QED) is 0.772. The molecule has 3 aromatic heterocycles. The Morgan fingerprint density at radius 1 is 1.36 bits per heavy atom. The van der Waals surface area contributed by atoms with Crippen LogP contribution in [0.4, 0.5) is 5.95 Å². The van der Waals surface area contributed by atoms with Gasteiger partial charge in [0, 0.05) is 10.9 Å². The summed E-state index contributed by atoms with van der Waals surface area (Å²) in [4.78, 5) is 14.5. The molecule has 1 aliphatic rings. The molecule has 0 radical (unpaired) electrons. The summed E-state index contributed by atoms with van der Waals surface area (Å²) >= 11 is 1.75. The third-order valence-corrected chi connectivity index (χ3v) is 4.84.